The summed E-state index contributed by atoms with van der Waals surface area (Å²) in [4.78, 5) is 36.2. The van der Waals surface area contributed by atoms with Gasteiger partial charge in [-0.25, -0.2) is 9.59 Å². The highest BCUT2D eigenvalue weighted by Gasteiger charge is 2.33. The first kappa shape index (κ1) is 19.9. The quantitative estimate of drug-likeness (QED) is 0.702. The average molecular weight is 406 g/mol. The van der Waals surface area contributed by atoms with Gasteiger partial charge in [-0.05, 0) is 36.6 Å². The molecule has 0 unspecified atom stereocenters. The molecule has 1 aliphatic heterocycles. The molecule has 0 radical (unpaired) electrons. The highest BCUT2D eigenvalue weighted by atomic mass is 35.5. The van der Waals surface area contributed by atoms with E-state index in [4.69, 9.17) is 32.7 Å². The van der Waals surface area contributed by atoms with E-state index in [0.717, 1.165) is 0 Å². The van der Waals surface area contributed by atoms with Crippen LogP contribution in [-0.2, 0) is 19.1 Å². The second-order valence-electron chi connectivity index (χ2n) is 5.31. The van der Waals surface area contributed by atoms with E-state index in [2.05, 4.69) is 5.32 Å². The summed E-state index contributed by atoms with van der Waals surface area (Å²) < 4.78 is 9.94. The molecule has 0 aliphatic carbocycles. The number of hydrogen-bond acceptors (Lipinski definition) is 6. The number of carbonyl (C=O) groups is 3. The first-order valence-electron chi connectivity index (χ1n) is 7.54. The molecule has 136 valence electrons. The normalized spacial score (nSPS) is 17.7. The number of nitrogens with one attached hydrogen (secondary N) is 1. The van der Waals surface area contributed by atoms with Crippen LogP contribution >= 0.6 is 35.0 Å². The molecule has 1 amide bonds. The van der Waals surface area contributed by atoms with E-state index >= 15 is 0 Å². The van der Waals surface area contributed by atoms with E-state index in [1.54, 1.807) is 0 Å². The maximum absolute atomic E-state index is 12.4. The molecule has 1 heterocycles. The molecule has 1 N–H and O–H groups in total. The van der Waals surface area contributed by atoms with Crippen LogP contribution < -0.4 is 5.32 Å². The second kappa shape index (κ2) is 9.31. The SMILES string of the molecule is CSCC[C@@H](NC(=O)c1ccc(Cl)cc1Cl)C(=O)O[C@H]1CCOC1=O. The van der Waals surface area contributed by atoms with Crippen molar-refractivity contribution in [1.29, 1.82) is 0 Å². The van der Waals surface area contributed by atoms with Crippen LogP contribution in [0.4, 0.5) is 0 Å². The number of cyclic esters (lactones) is 1. The van der Waals surface area contributed by atoms with Crippen LogP contribution in [0.25, 0.3) is 0 Å². The van der Waals surface area contributed by atoms with Crippen LogP contribution in [-0.4, -0.2) is 48.6 Å². The molecule has 1 saturated heterocycles. The van der Waals surface area contributed by atoms with E-state index in [0.29, 0.717) is 23.6 Å². The summed E-state index contributed by atoms with van der Waals surface area (Å²) >= 11 is 13.4. The molecular weight excluding hydrogens is 389 g/mol. The smallest absolute Gasteiger partial charge is 0.347 e. The molecule has 2 rings (SSSR count). The number of amides is 1. The summed E-state index contributed by atoms with van der Waals surface area (Å²) in [7, 11) is 0. The largest absolute Gasteiger partial charge is 0.463 e. The number of rotatable bonds is 7. The molecular formula is C16H17Cl2NO5S. The summed E-state index contributed by atoms with van der Waals surface area (Å²) in [6.07, 6.45) is 1.64. The first-order valence-corrected chi connectivity index (χ1v) is 9.69. The maximum atomic E-state index is 12.4. The predicted octanol–water partition coefficient (Wildman–Crippen LogP) is 2.70. The summed E-state index contributed by atoms with van der Waals surface area (Å²) in [5.41, 5.74) is 0.202. The second-order valence-corrected chi connectivity index (χ2v) is 7.14. The van der Waals surface area contributed by atoms with E-state index in [1.165, 1.54) is 30.0 Å². The molecule has 1 aliphatic rings. The Balaban J connectivity index is 2.06. The van der Waals surface area contributed by atoms with Gasteiger partial charge in [0, 0.05) is 11.4 Å². The zero-order chi connectivity index (χ0) is 18.4. The third kappa shape index (κ3) is 5.52. The zero-order valence-electron chi connectivity index (χ0n) is 13.4. The third-order valence-corrected chi connectivity index (χ3v) is 4.71. The Hall–Kier alpha value is -1.44. The Kier molecular flexibility index (Phi) is 7.40. The van der Waals surface area contributed by atoms with E-state index in [1.807, 2.05) is 6.26 Å². The van der Waals surface area contributed by atoms with Crippen molar-refractivity contribution in [3.8, 4) is 0 Å². The van der Waals surface area contributed by atoms with Gasteiger partial charge >= 0.3 is 11.9 Å². The fourth-order valence-corrected chi connectivity index (χ4v) is 3.17. The fraction of sp³-hybridized carbons (Fsp3) is 0.438. The molecule has 0 aromatic heterocycles. The van der Waals surface area contributed by atoms with Crippen LogP contribution in [0.2, 0.25) is 10.0 Å². The van der Waals surface area contributed by atoms with Crippen molar-refractivity contribution >= 4 is 52.8 Å². The zero-order valence-corrected chi connectivity index (χ0v) is 15.7. The van der Waals surface area contributed by atoms with Gasteiger partial charge in [0.05, 0.1) is 17.2 Å². The highest BCUT2D eigenvalue weighted by Crippen LogP contribution is 2.21. The summed E-state index contributed by atoms with van der Waals surface area (Å²) in [5, 5.41) is 3.19. The maximum Gasteiger partial charge on any atom is 0.347 e. The molecule has 1 aromatic rings. The lowest BCUT2D eigenvalue weighted by molar-refractivity contribution is -0.161. The molecule has 0 bridgehead atoms. The standard InChI is InChI=1S/C16H17Cl2NO5S/c1-25-7-5-12(15(21)24-13-4-6-23-16(13)22)19-14(20)10-3-2-9(17)8-11(10)18/h2-3,8,12-13H,4-7H2,1H3,(H,19,20)/t12-,13+/m1/s1. The lowest BCUT2D eigenvalue weighted by Gasteiger charge is -2.19. The number of hydrogen-bond donors (Lipinski definition) is 1. The molecule has 0 saturated carbocycles. The van der Waals surface area contributed by atoms with Crippen molar-refractivity contribution in [2.45, 2.75) is 25.0 Å². The van der Waals surface area contributed by atoms with Crippen molar-refractivity contribution < 1.29 is 23.9 Å². The summed E-state index contributed by atoms with van der Waals surface area (Å²) in [6.45, 7) is 0.221. The van der Waals surface area contributed by atoms with Gasteiger partial charge in [0.15, 0.2) is 0 Å². The fourth-order valence-electron chi connectivity index (χ4n) is 2.20. The molecule has 1 fully saturated rings. The Labute approximate surface area is 159 Å². The van der Waals surface area contributed by atoms with Gasteiger partial charge in [-0.1, -0.05) is 23.2 Å². The molecule has 9 heteroatoms. The number of benzene rings is 1. The molecule has 25 heavy (non-hydrogen) atoms. The minimum Gasteiger partial charge on any atom is -0.463 e. The molecule has 6 nitrogen and oxygen atoms in total. The van der Waals surface area contributed by atoms with Crippen LogP contribution in [0.15, 0.2) is 18.2 Å². The van der Waals surface area contributed by atoms with Crippen LogP contribution in [0.1, 0.15) is 23.2 Å². The van der Waals surface area contributed by atoms with Gasteiger partial charge in [-0.3, -0.25) is 4.79 Å². The average Bonchev–Trinajstić information content (AvgIpc) is 2.96. The predicted molar refractivity (Wildman–Crippen MR) is 96.2 cm³/mol. The van der Waals surface area contributed by atoms with Gasteiger partial charge in [0.1, 0.15) is 6.04 Å². The minimum atomic E-state index is -0.916. The monoisotopic (exact) mass is 405 g/mol. The topological polar surface area (TPSA) is 81.7 Å². The van der Waals surface area contributed by atoms with Crippen molar-refractivity contribution in [2.24, 2.45) is 0 Å². The Morgan fingerprint density at radius 2 is 2.20 bits per heavy atom. The molecule has 1 aromatic carbocycles. The van der Waals surface area contributed by atoms with Crippen molar-refractivity contribution in [3.05, 3.63) is 33.8 Å². The van der Waals surface area contributed by atoms with E-state index < -0.39 is 30.0 Å². The van der Waals surface area contributed by atoms with Gasteiger partial charge < -0.3 is 14.8 Å². The molecule has 2 atom stereocenters. The minimum absolute atomic E-state index is 0.182. The Bertz CT molecular complexity index is 670. The van der Waals surface area contributed by atoms with Crippen molar-refractivity contribution in [2.75, 3.05) is 18.6 Å². The number of ether oxygens (including phenoxy) is 2. The van der Waals surface area contributed by atoms with Crippen molar-refractivity contribution in [1.82, 2.24) is 5.32 Å². The van der Waals surface area contributed by atoms with Crippen LogP contribution in [0.5, 0.6) is 0 Å². The summed E-state index contributed by atoms with van der Waals surface area (Å²) in [5.74, 6) is -1.12. The highest BCUT2D eigenvalue weighted by molar-refractivity contribution is 7.98. The third-order valence-electron chi connectivity index (χ3n) is 3.52. The number of halogens is 2. The number of carbonyl (C=O) groups excluding carboxylic acids is 3. The van der Waals surface area contributed by atoms with E-state index in [-0.39, 0.29) is 17.2 Å². The Morgan fingerprint density at radius 3 is 2.80 bits per heavy atom. The van der Waals surface area contributed by atoms with Gasteiger partial charge in [-0.15, -0.1) is 0 Å². The Morgan fingerprint density at radius 1 is 1.44 bits per heavy atom. The van der Waals surface area contributed by atoms with Gasteiger partial charge in [0.2, 0.25) is 6.10 Å². The van der Waals surface area contributed by atoms with Crippen LogP contribution in [0, 0.1) is 0 Å². The van der Waals surface area contributed by atoms with Crippen molar-refractivity contribution in [3.63, 3.8) is 0 Å². The number of thioether (sulfide) groups is 1. The van der Waals surface area contributed by atoms with Gasteiger partial charge in [0.25, 0.3) is 5.91 Å². The lowest BCUT2D eigenvalue weighted by atomic mass is 10.1. The van der Waals surface area contributed by atoms with E-state index in [9.17, 15) is 14.4 Å². The first-order chi connectivity index (χ1) is 11.9. The summed E-state index contributed by atoms with van der Waals surface area (Å²) in [6, 6.07) is 3.57. The number of esters is 2. The lowest BCUT2D eigenvalue weighted by Crippen LogP contribution is -2.44. The van der Waals surface area contributed by atoms with Gasteiger partial charge in [-0.2, -0.15) is 11.8 Å². The van der Waals surface area contributed by atoms with Crippen LogP contribution in [0.3, 0.4) is 0 Å². The molecule has 0 spiro atoms.